The van der Waals surface area contributed by atoms with Crippen molar-refractivity contribution in [1.29, 1.82) is 0 Å². The summed E-state index contributed by atoms with van der Waals surface area (Å²) in [6, 6.07) is 0. The standard InChI is InChI=1S/C23H38FN3O/c1-5-8-10-23(28-7-3)21-18-25-17-19(4)15-20(16-22(21)24)27-12-9-11-26(6-2)13-14-27/h8,15-16,19,21,25H,5-7,9,11-14,17-18H2,1-4H3/b20-15+,22-16+. The van der Waals surface area contributed by atoms with Crippen molar-refractivity contribution >= 4 is 0 Å². The van der Waals surface area contributed by atoms with Gasteiger partial charge in [-0.1, -0.05) is 32.6 Å². The molecule has 0 spiro atoms. The van der Waals surface area contributed by atoms with E-state index in [1.165, 1.54) is 0 Å². The number of ether oxygens (including phenoxy) is 1. The summed E-state index contributed by atoms with van der Waals surface area (Å²) in [5.74, 6) is 0.349. The lowest BCUT2D eigenvalue weighted by atomic mass is 10.0. The number of likely N-dealkylation sites (N-methyl/N-ethyl adjacent to an activating group) is 1. The van der Waals surface area contributed by atoms with E-state index in [0.717, 1.165) is 57.8 Å². The minimum absolute atomic E-state index is 0.148. The zero-order chi connectivity index (χ0) is 20.4. The van der Waals surface area contributed by atoms with Crippen molar-refractivity contribution in [1.82, 2.24) is 15.1 Å². The molecule has 0 saturated carbocycles. The van der Waals surface area contributed by atoms with Gasteiger partial charge < -0.3 is 19.9 Å². The van der Waals surface area contributed by atoms with Gasteiger partial charge in [-0.05, 0) is 50.9 Å². The van der Waals surface area contributed by atoms with Crippen LogP contribution in [0.5, 0.6) is 0 Å². The molecule has 0 amide bonds. The minimum atomic E-state index is -0.435. The lowest BCUT2D eigenvalue weighted by molar-refractivity contribution is 0.191. The summed E-state index contributed by atoms with van der Waals surface area (Å²) in [6.45, 7) is 15.4. The molecule has 1 saturated heterocycles. The first-order chi connectivity index (χ1) is 13.6. The van der Waals surface area contributed by atoms with E-state index < -0.39 is 5.92 Å². The summed E-state index contributed by atoms with van der Waals surface area (Å²) in [5.41, 5.74) is 4.18. The maximum atomic E-state index is 15.4. The van der Waals surface area contributed by atoms with Crippen LogP contribution in [0, 0.1) is 11.8 Å². The van der Waals surface area contributed by atoms with Crippen LogP contribution in [0.3, 0.4) is 0 Å². The monoisotopic (exact) mass is 391 g/mol. The van der Waals surface area contributed by atoms with Gasteiger partial charge in [0, 0.05) is 38.4 Å². The summed E-state index contributed by atoms with van der Waals surface area (Å²) >= 11 is 0. The SMILES string of the molecule is CCC=C=C(OCC)C1CNCC(C)/C=C(N2CCCN(CC)CC2)\C=C/1F. The Kier molecular flexibility index (Phi) is 9.83. The highest BCUT2D eigenvalue weighted by Gasteiger charge is 2.24. The highest BCUT2D eigenvalue weighted by atomic mass is 19.1. The van der Waals surface area contributed by atoms with Crippen LogP contribution in [0.25, 0.3) is 0 Å². The molecule has 0 aromatic rings. The normalized spacial score (nSPS) is 28.4. The minimum Gasteiger partial charge on any atom is -0.489 e. The number of hydrogen-bond acceptors (Lipinski definition) is 4. The van der Waals surface area contributed by atoms with E-state index in [0.29, 0.717) is 24.8 Å². The third-order valence-corrected chi connectivity index (χ3v) is 5.35. The van der Waals surface area contributed by atoms with E-state index in [9.17, 15) is 0 Å². The largest absolute Gasteiger partial charge is 0.489 e. The molecule has 1 fully saturated rings. The van der Waals surface area contributed by atoms with Crippen molar-refractivity contribution in [3.05, 3.63) is 41.2 Å². The second-order valence-electron chi connectivity index (χ2n) is 7.64. The van der Waals surface area contributed by atoms with Gasteiger partial charge in [0.1, 0.15) is 11.6 Å². The number of nitrogens with zero attached hydrogens (tertiary/aromatic N) is 2. The molecule has 2 atom stereocenters. The van der Waals surface area contributed by atoms with E-state index in [1.807, 2.05) is 19.9 Å². The molecule has 2 aliphatic rings. The second kappa shape index (κ2) is 12.1. The van der Waals surface area contributed by atoms with E-state index in [2.05, 4.69) is 40.8 Å². The molecule has 2 rings (SSSR count). The molecule has 5 heteroatoms. The maximum absolute atomic E-state index is 15.4. The maximum Gasteiger partial charge on any atom is 0.149 e. The Hall–Kier alpha value is -1.55. The molecule has 2 unspecified atom stereocenters. The van der Waals surface area contributed by atoms with Crippen molar-refractivity contribution in [2.45, 2.75) is 40.5 Å². The quantitative estimate of drug-likeness (QED) is 0.545. The van der Waals surface area contributed by atoms with Gasteiger partial charge >= 0.3 is 0 Å². The molecule has 28 heavy (non-hydrogen) atoms. The lowest BCUT2D eigenvalue weighted by Crippen LogP contribution is -2.30. The Morgan fingerprint density at radius 1 is 1.25 bits per heavy atom. The van der Waals surface area contributed by atoms with Crippen molar-refractivity contribution in [3.63, 3.8) is 0 Å². The van der Waals surface area contributed by atoms with Gasteiger partial charge in [-0.25, -0.2) is 4.39 Å². The van der Waals surface area contributed by atoms with Gasteiger partial charge in [-0.2, -0.15) is 0 Å². The molecule has 1 N–H and O–H groups in total. The van der Waals surface area contributed by atoms with E-state index in [1.54, 1.807) is 6.08 Å². The van der Waals surface area contributed by atoms with Crippen molar-refractivity contribution in [2.75, 3.05) is 52.4 Å². The van der Waals surface area contributed by atoms with Crippen LogP contribution in [0.4, 0.5) is 4.39 Å². The third kappa shape index (κ3) is 6.80. The van der Waals surface area contributed by atoms with Crippen molar-refractivity contribution in [2.24, 2.45) is 11.8 Å². The predicted molar refractivity (Wildman–Crippen MR) is 115 cm³/mol. The Labute approximate surface area is 170 Å². The van der Waals surface area contributed by atoms with Gasteiger partial charge in [-0.15, -0.1) is 0 Å². The molecule has 2 heterocycles. The smallest absolute Gasteiger partial charge is 0.149 e. The van der Waals surface area contributed by atoms with Gasteiger partial charge in [0.2, 0.25) is 0 Å². The average molecular weight is 392 g/mol. The van der Waals surface area contributed by atoms with E-state index >= 15 is 4.39 Å². The summed E-state index contributed by atoms with van der Waals surface area (Å²) in [6.07, 6.45) is 7.83. The Morgan fingerprint density at radius 2 is 2.07 bits per heavy atom. The topological polar surface area (TPSA) is 27.7 Å². The van der Waals surface area contributed by atoms with Crippen LogP contribution in [0.15, 0.2) is 41.2 Å². The zero-order valence-electron chi connectivity index (χ0n) is 18.1. The first-order valence-electron chi connectivity index (χ1n) is 10.9. The van der Waals surface area contributed by atoms with Crippen molar-refractivity contribution in [3.8, 4) is 0 Å². The third-order valence-electron chi connectivity index (χ3n) is 5.35. The summed E-state index contributed by atoms with van der Waals surface area (Å²) in [5, 5.41) is 3.42. The second-order valence-corrected chi connectivity index (χ2v) is 7.64. The summed E-state index contributed by atoms with van der Waals surface area (Å²) in [4.78, 5) is 4.81. The molecule has 158 valence electrons. The fourth-order valence-corrected chi connectivity index (χ4v) is 3.75. The molecule has 0 aromatic carbocycles. The highest BCUT2D eigenvalue weighted by Crippen LogP contribution is 2.26. The van der Waals surface area contributed by atoms with Crippen LogP contribution >= 0.6 is 0 Å². The van der Waals surface area contributed by atoms with Crippen LogP contribution in [0.1, 0.15) is 40.5 Å². The Bertz CT molecular complexity index is 607. The molecular formula is C23H38FN3O. The summed E-state index contributed by atoms with van der Waals surface area (Å²) in [7, 11) is 0. The fourth-order valence-electron chi connectivity index (χ4n) is 3.75. The molecule has 4 nitrogen and oxygen atoms in total. The molecule has 2 aliphatic heterocycles. The fraction of sp³-hybridized carbons (Fsp3) is 0.696. The zero-order valence-corrected chi connectivity index (χ0v) is 18.1. The van der Waals surface area contributed by atoms with Gasteiger partial charge in [0.05, 0.1) is 12.5 Å². The lowest BCUT2D eigenvalue weighted by Gasteiger charge is -2.25. The van der Waals surface area contributed by atoms with E-state index in [-0.39, 0.29) is 5.83 Å². The molecule has 0 radical (unpaired) electrons. The molecule has 0 aliphatic carbocycles. The summed E-state index contributed by atoms with van der Waals surface area (Å²) < 4.78 is 21.2. The first-order valence-corrected chi connectivity index (χ1v) is 10.9. The molecular weight excluding hydrogens is 353 g/mol. The molecule has 0 aromatic heterocycles. The molecule has 0 bridgehead atoms. The van der Waals surface area contributed by atoms with Gasteiger partial charge in [0.25, 0.3) is 0 Å². The number of allylic oxidation sites excluding steroid dienone is 1. The van der Waals surface area contributed by atoms with E-state index in [4.69, 9.17) is 4.74 Å². The number of rotatable bonds is 6. The average Bonchev–Trinajstić information content (AvgIpc) is 2.90. The van der Waals surface area contributed by atoms with Crippen LogP contribution in [0.2, 0.25) is 0 Å². The van der Waals surface area contributed by atoms with Crippen LogP contribution in [-0.4, -0.2) is 62.2 Å². The predicted octanol–water partition coefficient (Wildman–Crippen LogP) is 4.09. The Balaban J connectivity index is 2.31. The number of nitrogens with one attached hydrogen (secondary N) is 1. The van der Waals surface area contributed by atoms with Gasteiger partial charge in [0.15, 0.2) is 0 Å². The number of halogens is 1. The van der Waals surface area contributed by atoms with Crippen molar-refractivity contribution < 1.29 is 9.13 Å². The Morgan fingerprint density at radius 3 is 2.79 bits per heavy atom. The highest BCUT2D eigenvalue weighted by molar-refractivity contribution is 5.26. The first kappa shape index (κ1) is 22.7. The van der Waals surface area contributed by atoms with Crippen LogP contribution in [-0.2, 0) is 4.74 Å². The van der Waals surface area contributed by atoms with Gasteiger partial charge in [-0.3, -0.25) is 0 Å². The van der Waals surface area contributed by atoms with Crippen LogP contribution < -0.4 is 5.32 Å². The number of hydrogen-bond donors (Lipinski definition) is 1.